The number of nitrogens with one attached hydrogen (secondary N) is 1. The van der Waals surface area contributed by atoms with Crippen molar-refractivity contribution < 1.29 is 14.2 Å². The molecule has 1 atom stereocenters. The van der Waals surface area contributed by atoms with E-state index in [0.717, 1.165) is 10.2 Å². The number of ketones is 1. The van der Waals surface area contributed by atoms with Crippen molar-refractivity contribution in [3.05, 3.63) is 94.7 Å². The molecule has 2 aromatic carbocycles. The molecule has 1 heterocycles. The number of amides is 1. The number of nitrogens with zero attached hydrogens (tertiary/aromatic N) is 1. The molecule has 26 heavy (non-hydrogen) atoms. The van der Waals surface area contributed by atoms with Crippen LogP contribution >= 0.6 is 15.9 Å². The summed E-state index contributed by atoms with van der Waals surface area (Å²) in [5.41, 5.74) is 1.97. The lowest BCUT2D eigenvalue weighted by atomic mass is 10.0. The normalized spacial score (nSPS) is 11.6. The van der Waals surface area contributed by atoms with Gasteiger partial charge < -0.3 is 5.32 Å². The zero-order valence-electron chi connectivity index (χ0n) is 14.2. The largest absolute Gasteiger partial charge is 0.320 e. The van der Waals surface area contributed by atoms with E-state index in [0.29, 0.717) is 11.1 Å². The summed E-state index contributed by atoms with van der Waals surface area (Å²) in [6.07, 6.45) is 3.50. The fourth-order valence-corrected chi connectivity index (χ4v) is 2.78. The van der Waals surface area contributed by atoms with Gasteiger partial charge >= 0.3 is 0 Å². The van der Waals surface area contributed by atoms with Crippen LogP contribution in [0.4, 0.5) is 5.69 Å². The monoisotopic (exact) mass is 409 g/mol. The first kappa shape index (κ1) is 18.0. The van der Waals surface area contributed by atoms with E-state index >= 15 is 0 Å². The summed E-state index contributed by atoms with van der Waals surface area (Å²) in [5, 5.41) is 2.88. The molecule has 0 saturated carbocycles. The van der Waals surface area contributed by atoms with Gasteiger partial charge in [-0.15, -0.1) is 0 Å². The van der Waals surface area contributed by atoms with Gasteiger partial charge in [-0.3, -0.25) is 9.59 Å². The van der Waals surface area contributed by atoms with Crippen LogP contribution in [0.3, 0.4) is 0 Å². The summed E-state index contributed by atoms with van der Waals surface area (Å²) in [6.45, 7) is 1.81. The lowest BCUT2D eigenvalue weighted by Gasteiger charge is -2.09. The zero-order valence-corrected chi connectivity index (χ0v) is 15.8. The average Bonchev–Trinajstić information content (AvgIpc) is 2.69. The SMILES string of the molecule is C[C@H](C(=O)Nc1ccc(Br)cc1)[n+]1ccc(C(=O)c2ccccc2)cc1. The minimum Gasteiger partial charge on any atom is -0.320 e. The van der Waals surface area contributed by atoms with Crippen molar-refractivity contribution in [2.45, 2.75) is 13.0 Å². The van der Waals surface area contributed by atoms with Crippen LogP contribution in [0.15, 0.2) is 83.6 Å². The summed E-state index contributed by atoms with van der Waals surface area (Å²) in [5.74, 6) is -0.163. The molecule has 5 heteroatoms. The molecular formula is C21H18BrN2O2+. The Labute approximate surface area is 160 Å². The molecule has 130 valence electrons. The van der Waals surface area contributed by atoms with E-state index in [9.17, 15) is 9.59 Å². The van der Waals surface area contributed by atoms with E-state index in [1.165, 1.54) is 0 Å². The molecule has 0 fully saturated rings. The lowest BCUT2D eigenvalue weighted by molar-refractivity contribution is -0.705. The Kier molecular flexibility index (Phi) is 5.58. The van der Waals surface area contributed by atoms with E-state index in [-0.39, 0.29) is 11.7 Å². The maximum absolute atomic E-state index is 12.4. The van der Waals surface area contributed by atoms with E-state index in [1.54, 1.807) is 41.2 Å². The third kappa shape index (κ3) is 4.24. The molecule has 0 unspecified atom stereocenters. The second kappa shape index (κ2) is 8.06. The highest BCUT2D eigenvalue weighted by Gasteiger charge is 2.22. The molecule has 0 aliphatic rings. The molecule has 0 saturated heterocycles. The lowest BCUT2D eigenvalue weighted by Crippen LogP contribution is -2.44. The maximum atomic E-state index is 12.4. The number of hydrogen-bond acceptors (Lipinski definition) is 2. The average molecular weight is 410 g/mol. The Morgan fingerprint density at radius 1 is 0.885 bits per heavy atom. The molecule has 0 aliphatic carbocycles. The fraction of sp³-hybridized carbons (Fsp3) is 0.0952. The van der Waals surface area contributed by atoms with Gasteiger partial charge in [0.25, 0.3) is 5.91 Å². The molecular weight excluding hydrogens is 392 g/mol. The predicted molar refractivity (Wildman–Crippen MR) is 104 cm³/mol. The predicted octanol–water partition coefficient (Wildman–Crippen LogP) is 4.17. The van der Waals surface area contributed by atoms with E-state index in [1.807, 2.05) is 49.4 Å². The molecule has 4 nitrogen and oxygen atoms in total. The first-order chi connectivity index (χ1) is 12.5. The van der Waals surface area contributed by atoms with Gasteiger partial charge in [0.2, 0.25) is 6.04 Å². The summed E-state index contributed by atoms with van der Waals surface area (Å²) in [7, 11) is 0. The van der Waals surface area contributed by atoms with Crippen LogP contribution in [0, 0.1) is 0 Å². The van der Waals surface area contributed by atoms with Crippen molar-refractivity contribution in [3.63, 3.8) is 0 Å². The molecule has 1 N–H and O–H groups in total. The van der Waals surface area contributed by atoms with E-state index in [4.69, 9.17) is 0 Å². The van der Waals surface area contributed by atoms with Crippen molar-refractivity contribution in [2.75, 3.05) is 5.32 Å². The van der Waals surface area contributed by atoms with Crippen LogP contribution < -0.4 is 9.88 Å². The zero-order chi connectivity index (χ0) is 18.5. The van der Waals surface area contributed by atoms with Crippen LogP contribution in [0.1, 0.15) is 28.9 Å². The van der Waals surface area contributed by atoms with E-state index < -0.39 is 6.04 Å². The van der Waals surface area contributed by atoms with Gasteiger partial charge in [-0.2, -0.15) is 4.57 Å². The number of pyridine rings is 1. The first-order valence-corrected chi connectivity index (χ1v) is 9.01. The van der Waals surface area contributed by atoms with Gasteiger partial charge in [0.15, 0.2) is 18.2 Å². The van der Waals surface area contributed by atoms with Crippen LogP contribution in [-0.2, 0) is 4.79 Å². The van der Waals surface area contributed by atoms with Crippen LogP contribution in [0.25, 0.3) is 0 Å². The number of anilines is 1. The second-order valence-electron chi connectivity index (χ2n) is 5.90. The second-order valence-corrected chi connectivity index (χ2v) is 6.82. The van der Waals surface area contributed by atoms with Crippen LogP contribution in [0.5, 0.6) is 0 Å². The number of aromatic nitrogens is 1. The Bertz CT molecular complexity index is 907. The molecule has 3 rings (SSSR count). The summed E-state index contributed by atoms with van der Waals surface area (Å²) < 4.78 is 2.73. The van der Waals surface area contributed by atoms with Crippen LogP contribution in [-0.4, -0.2) is 11.7 Å². The van der Waals surface area contributed by atoms with Crippen LogP contribution in [0.2, 0.25) is 0 Å². The highest BCUT2D eigenvalue weighted by Crippen LogP contribution is 2.15. The highest BCUT2D eigenvalue weighted by molar-refractivity contribution is 9.10. The van der Waals surface area contributed by atoms with E-state index in [2.05, 4.69) is 21.2 Å². The third-order valence-electron chi connectivity index (χ3n) is 4.09. The standard InChI is InChI=1S/C21H17BrN2O2/c1-15(21(26)23-19-9-7-18(22)8-10-19)24-13-11-17(12-14-24)20(25)16-5-3-2-4-6-16/h2-15H,1H3/p+1/t15-/m1/s1. The molecule has 1 amide bonds. The van der Waals surface area contributed by atoms with Crippen molar-refractivity contribution in [2.24, 2.45) is 0 Å². The number of hydrogen-bond donors (Lipinski definition) is 1. The topological polar surface area (TPSA) is 50.1 Å². The molecule has 0 radical (unpaired) electrons. The Hall–Kier alpha value is -2.79. The molecule has 0 bridgehead atoms. The van der Waals surface area contributed by atoms with Gasteiger partial charge in [0, 0.05) is 40.3 Å². The van der Waals surface area contributed by atoms with Crippen molar-refractivity contribution in [1.29, 1.82) is 0 Å². The van der Waals surface area contributed by atoms with Gasteiger partial charge in [-0.25, -0.2) is 0 Å². The Morgan fingerprint density at radius 3 is 2.08 bits per heavy atom. The quantitative estimate of drug-likeness (QED) is 0.507. The molecule has 0 aliphatic heterocycles. The minimum atomic E-state index is -0.403. The van der Waals surface area contributed by atoms with Crippen molar-refractivity contribution >= 4 is 33.3 Å². The van der Waals surface area contributed by atoms with Gasteiger partial charge in [-0.05, 0) is 24.3 Å². The molecule has 3 aromatic rings. The smallest absolute Gasteiger partial charge is 0.293 e. The fourth-order valence-electron chi connectivity index (χ4n) is 2.52. The summed E-state index contributed by atoms with van der Waals surface area (Å²) >= 11 is 3.37. The number of carbonyl (C=O) groups excluding carboxylic acids is 2. The minimum absolute atomic E-state index is 0.0373. The Morgan fingerprint density at radius 2 is 1.46 bits per heavy atom. The number of carbonyl (C=O) groups is 2. The number of benzene rings is 2. The molecule has 1 aromatic heterocycles. The Balaban J connectivity index is 1.70. The van der Waals surface area contributed by atoms with Gasteiger partial charge in [0.1, 0.15) is 0 Å². The molecule has 0 spiro atoms. The third-order valence-corrected chi connectivity index (χ3v) is 4.62. The van der Waals surface area contributed by atoms with Crippen molar-refractivity contribution in [3.8, 4) is 0 Å². The summed E-state index contributed by atoms with van der Waals surface area (Å²) in [6, 6.07) is 19.6. The number of halogens is 1. The maximum Gasteiger partial charge on any atom is 0.293 e. The summed E-state index contributed by atoms with van der Waals surface area (Å²) in [4.78, 5) is 24.9. The van der Waals surface area contributed by atoms with Gasteiger partial charge in [0.05, 0.1) is 0 Å². The first-order valence-electron chi connectivity index (χ1n) is 8.21. The number of rotatable bonds is 5. The van der Waals surface area contributed by atoms with Crippen molar-refractivity contribution in [1.82, 2.24) is 0 Å². The van der Waals surface area contributed by atoms with Gasteiger partial charge in [-0.1, -0.05) is 46.3 Å². The highest BCUT2D eigenvalue weighted by atomic mass is 79.9.